The Balaban J connectivity index is 1.49. The maximum absolute atomic E-state index is 10.6. The van der Waals surface area contributed by atoms with Gasteiger partial charge >= 0.3 is 0 Å². The Bertz CT molecular complexity index is 698. The van der Waals surface area contributed by atoms with Crippen LogP contribution in [0, 0.1) is 0 Å². The highest BCUT2D eigenvalue weighted by Gasteiger charge is 2.29. The summed E-state index contributed by atoms with van der Waals surface area (Å²) in [6, 6.07) is -0.155. The minimum Gasteiger partial charge on any atom is -0.390 e. The van der Waals surface area contributed by atoms with E-state index in [9.17, 15) is 5.11 Å². The molecule has 4 rings (SSSR count). The van der Waals surface area contributed by atoms with E-state index in [0.29, 0.717) is 57.1 Å². The monoisotopic (exact) mass is 464 g/mol. The summed E-state index contributed by atoms with van der Waals surface area (Å²) in [6.07, 6.45) is 1.00. The number of nitrogens with one attached hydrogen (secondary N) is 2. The number of nitrogens with two attached hydrogens (primary N) is 4. The van der Waals surface area contributed by atoms with Gasteiger partial charge in [-0.05, 0) is 12.8 Å². The van der Waals surface area contributed by atoms with Crippen LogP contribution in [-0.2, 0) is 0 Å². The average molecular weight is 465 g/mol. The molecule has 0 saturated carbocycles. The first-order valence-corrected chi connectivity index (χ1v) is 12.0. The summed E-state index contributed by atoms with van der Waals surface area (Å²) in [6.45, 7) is 7.20. The van der Waals surface area contributed by atoms with Gasteiger partial charge in [-0.1, -0.05) is 0 Å². The minimum absolute atomic E-state index is 0.0388. The third-order valence-electron chi connectivity index (χ3n) is 6.38. The molecule has 33 heavy (non-hydrogen) atoms. The van der Waals surface area contributed by atoms with Crippen LogP contribution in [0.2, 0.25) is 0 Å². The number of anilines is 3. The maximum Gasteiger partial charge on any atom is 0.232 e. The third-order valence-corrected chi connectivity index (χ3v) is 6.38. The zero-order valence-corrected chi connectivity index (χ0v) is 19.3. The van der Waals surface area contributed by atoms with Crippen molar-refractivity contribution < 1.29 is 5.11 Å². The quantitative estimate of drug-likeness (QED) is 0.208. The molecular weight excluding hydrogens is 424 g/mol. The molecule has 0 aromatic carbocycles. The zero-order valence-electron chi connectivity index (χ0n) is 19.3. The Labute approximate surface area is 195 Å². The van der Waals surface area contributed by atoms with Crippen LogP contribution in [0.25, 0.3) is 0 Å². The lowest BCUT2D eigenvalue weighted by Gasteiger charge is -2.37. The van der Waals surface area contributed by atoms with E-state index in [1.807, 2.05) is 9.80 Å². The van der Waals surface area contributed by atoms with Gasteiger partial charge in [-0.15, -0.1) is 0 Å². The lowest BCUT2D eigenvalue weighted by atomic mass is 10.0. The highest BCUT2D eigenvalue weighted by Crippen LogP contribution is 2.22. The van der Waals surface area contributed by atoms with E-state index in [4.69, 9.17) is 27.9 Å². The normalized spacial score (nSPS) is 30.3. The van der Waals surface area contributed by atoms with Crippen LogP contribution in [0.15, 0.2) is 0 Å². The number of nitrogens with zero attached hydrogens (tertiary/aromatic N) is 6. The first kappa shape index (κ1) is 24.3. The van der Waals surface area contributed by atoms with Crippen molar-refractivity contribution in [3.05, 3.63) is 0 Å². The molecule has 5 atom stereocenters. The van der Waals surface area contributed by atoms with E-state index in [0.717, 1.165) is 39.0 Å². The molecule has 5 unspecified atom stereocenters. The number of piperidine rings is 2. The smallest absolute Gasteiger partial charge is 0.232 e. The van der Waals surface area contributed by atoms with Crippen LogP contribution < -0.4 is 43.4 Å². The Hall–Kier alpha value is -1.87. The molecule has 3 aliphatic rings. The molecule has 3 aliphatic heterocycles. The molecule has 11 N–H and O–H groups in total. The number of hydrogen-bond acceptors (Lipinski definition) is 13. The molecule has 0 bridgehead atoms. The van der Waals surface area contributed by atoms with E-state index >= 15 is 0 Å². The number of hydrogen-bond donors (Lipinski definition) is 7. The van der Waals surface area contributed by atoms with E-state index in [-0.39, 0.29) is 24.2 Å². The summed E-state index contributed by atoms with van der Waals surface area (Å²) in [7, 11) is 0. The van der Waals surface area contributed by atoms with Crippen molar-refractivity contribution in [3.63, 3.8) is 0 Å². The van der Waals surface area contributed by atoms with Crippen LogP contribution in [0.4, 0.5) is 17.8 Å². The Morgan fingerprint density at radius 3 is 1.82 bits per heavy atom. The molecule has 13 heteroatoms. The molecule has 0 amide bonds. The predicted octanol–water partition coefficient (Wildman–Crippen LogP) is -3.72. The summed E-state index contributed by atoms with van der Waals surface area (Å²) in [4.78, 5) is 20.3. The highest BCUT2D eigenvalue weighted by molar-refractivity contribution is 5.46. The molecule has 1 aromatic heterocycles. The van der Waals surface area contributed by atoms with Gasteiger partial charge in [-0.3, -0.25) is 4.90 Å². The molecule has 13 nitrogen and oxygen atoms in total. The summed E-state index contributed by atoms with van der Waals surface area (Å²) in [5.74, 6) is 1.46. The summed E-state index contributed by atoms with van der Waals surface area (Å²) in [5.41, 5.74) is 24.8. The van der Waals surface area contributed by atoms with Gasteiger partial charge in [0, 0.05) is 89.6 Å². The fourth-order valence-electron chi connectivity index (χ4n) is 4.87. The summed E-state index contributed by atoms with van der Waals surface area (Å²) < 4.78 is 0. The van der Waals surface area contributed by atoms with Crippen LogP contribution in [0.5, 0.6) is 0 Å². The molecule has 0 aliphatic carbocycles. The van der Waals surface area contributed by atoms with Crippen molar-refractivity contribution >= 4 is 17.8 Å². The lowest BCUT2D eigenvalue weighted by molar-refractivity contribution is 0.114. The fraction of sp³-hybridized carbons (Fsp3) is 0.850. The van der Waals surface area contributed by atoms with Gasteiger partial charge in [0.15, 0.2) is 0 Å². The van der Waals surface area contributed by atoms with Crippen molar-refractivity contribution in [2.75, 3.05) is 80.6 Å². The second-order valence-corrected chi connectivity index (χ2v) is 9.67. The van der Waals surface area contributed by atoms with Crippen molar-refractivity contribution in [1.29, 1.82) is 0 Å². The van der Waals surface area contributed by atoms with Crippen molar-refractivity contribution in [2.24, 2.45) is 22.9 Å². The fourth-order valence-corrected chi connectivity index (χ4v) is 4.87. The van der Waals surface area contributed by atoms with E-state index in [2.05, 4.69) is 25.5 Å². The number of piperazine rings is 1. The molecule has 3 fully saturated rings. The maximum atomic E-state index is 10.6. The van der Waals surface area contributed by atoms with E-state index < -0.39 is 6.10 Å². The van der Waals surface area contributed by atoms with E-state index in [1.54, 1.807) is 0 Å². The van der Waals surface area contributed by atoms with Crippen LogP contribution in [-0.4, -0.2) is 121 Å². The minimum atomic E-state index is -0.541. The lowest BCUT2D eigenvalue weighted by Crippen LogP contribution is -2.54. The average Bonchev–Trinajstić information content (AvgIpc) is 2.77. The molecule has 186 valence electrons. The standard InChI is InChI=1S/C20H40N12O/c21-13-5-14(22)9-31(8-13)19-27-18(26-7-17(33)12-30-3-1-25-2-4-30)28-20(29-19)32-10-15(23)6-16(24)11-32/h13-17,25,33H,1-12,21-24H2,(H,26,27,28,29). The summed E-state index contributed by atoms with van der Waals surface area (Å²) >= 11 is 0. The Kier molecular flexibility index (Phi) is 8.11. The van der Waals surface area contributed by atoms with Gasteiger partial charge in [0.25, 0.3) is 0 Å². The Morgan fingerprint density at radius 1 is 0.848 bits per heavy atom. The van der Waals surface area contributed by atoms with Gasteiger partial charge in [-0.25, -0.2) is 0 Å². The van der Waals surface area contributed by atoms with Gasteiger partial charge in [0.1, 0.15) is 0 Å². The Morgan fingerprint density at radius 2 is 1.33 bits per heavy atom. The third kappa shape index (κ3) is 6.82. The topological polar surface area (TPSA) is 197 Å². The molecule has 1 aromatic rings. The van der Waals surface area contributed by atoms with Gasteiger partial charge in [0.05, 0.1) is 6.10 Å². The first-order chi connectivity index (χ1) is 15.9. The van der Waals surface area contributed by atoms with Crippen LogP contribution in [0.1, 0.15) is 12.8 Å². The molecule has 0 radical (unpaired) electrons. The molecular formula is C20H40N12O. The second-order valence-electron chi connectivity index (χ2n) is 9.67. The molecule has 0 spiro atoms. The van der Waals surface area contributed by atoms with Crippen LogP contribution >= 0.6 is 0 Å². The van der Waals surface area contributed by atoms with Crippen molar-refractivity contribution in [1.82, 2.24) is 25.2 Å². The predicted molar refractivity (Wildman–Crippen MR) is 129 cm³/mol. The van der Waals surface area contributed by atoms with Gasteiger partial charge in [0.2, 0.25) is 17.8 Å². The van der Waals surface area contributed by atoms with Gasteiger partial charge < -0.3 is 48.5 Å². The molecule has 3 saturated heterocycles. The largest absolute Gasteiger partial charge is 0.390 e. The number of aliphatic hydroxyl groups is 1. The number of β-amino-alcohol motifs (C(OH)–C–C–N with tert-alkyl or cyclic N) is 1. The van der Waals surface area contributed by atoms with Gasteiger partial charge in [-0.2, -0.15) is 15.0 Å². The number of aromatic nitrogens is 3. The van der Waals surface area contributed by atoms with Crippen molar-refractivity contribution in [2.45, 2.75) is 43.1 Å². The van der Waals surface area contributed by atoms with Crippen LogP contribution in [0.3, 0.4) is 0 Å². The zero-order chi connectivity index (χ0) is 23.4. The van der Waals surface area contributed by atoms with E-state index in [1.165, 1.54) is 0 Å². The number of aliphatic hydroxyl groups excluding tert-OH is 1. The highest BCUT2D eigenvalue weighted by atomic mass is 16.3. The second kappa shape index (κ2) is 11.0. The van der Waals surface area contributed by atoms with Crippen molar-refractivity contribution in [3.8, 4) is 0 Å². The number of rotatable bonds is 7. The first-order valence-electron chi connectivity index (χ1n) is 12.0. The summed E-state index contributed by atoms with van der Waals surface area (Å²) in [5, 5.41) is 17.1. The molecule has 4 heterocycles. The SMILES string of the molecule is NC1CC(N)CN(c2nc(NCC(O)CN3CCNCC3)nc(N3CC(N)CC(N)C3)n2)C1.